The van der Waals surface area contributed by atoms with E-state index in [1.54, 1.807) is 0 Å². The van der Waals surface area contributed by atoms with Crippen molar-refractivity contribution in [3.05, 3.63) is 70.1 Å². The van der Waals surface area contributed by atoms with Gasteiger partial charge in [-0.1, -0.05) is 83.0 Å². The van der Waals surface area contributed by atoms with Gasteiger partial charge < -0.3 is 0 Å². The molecule has 0 nitrogen and oxygen atoms in total. The SMILES string of the molecule is CCCc1ccc2c(c1-c1cc(C(C)C)cc(C(C)C)c1)C=C(C)[CH]2. The van der Waals surface area contributed by atoms with Gasteiger partial charge in [0, 0.05) is 6.42 Å². The Balaban J connectivity index is 2.27. The maximum absolute atomic E-state index is 2.42. The Labute approximate surface area is 154 Å². The summed E-state index contributed by atoms with van der Waals surface area (Å²) in [6.45, 7) is 13.7. The quantitative estimate of drug-likeness (QED) is 0.531. The predicted molar refractivity (Wildman–Crippen MR) is 111 cm³/mol. The fourth-order valence-electron chi connectivity index (χ4n) is 3.78. The largest absolute Gasteiger partial charge is 0.0651 e. The Kier molecular flexibility index (Phi) is 5.18. The van der Waals surface area contributed by atoms with Crippen LogP contribution in [0.5, 0.6) is 0 Å². The first-order valence-electron chi connectivity index (χ1n) is 9.74. The summed E-state index contributed by atoms with van der Waals surface area (Å²) in [4.78, 5) is 0. The molecule has 0 aromatic heterocycles. The van der Waals surface area contributed by atoms with E-state index in [4.69, 9.17) is 0 Å². The minimum atomic E-state index is 0.549. The molecule has 0 bridgehead atoms. The van der Waals surface area contributed by atoms with Crippen molar-refractivity contribution in [3.8, 4) is 11.1 Å². The van der Waals surface area contributed by atoms with Gasteiger partial charge in [-0.15, -0.1) is 0 Å². The number of rotatable bonds is 5. The van der Waals surface area contributed by atoms with Gasteiger partial charge in [0.05, 0.1) is 0 Å². The fraction of sp³-hybridized carbons (Fsp3) is 0.400. The van der Waals surface area contributed by atoms with Crippen molar-refractivity contribution in [2.24, 2.45) is 0 Å². The fourth-order valence-corrected chi connectivity index (χ4v) is 3.78. The lowest BCUT2D eigenvalue weighted by Crippen LogP contribution is -1.99. The maximum atomic E-state index is 2.42. The molecule has 0 unspecified atom stereocenters. The summed E-state index contributed by atoms with van der Waals surface area (Å²) >= 11 is 0. The van der Waals surface area contributed by atoms with Crippen molar-refractivity contribution >= 4 is 6.08 Å². The molecule has 2 aromatic rings. The summed E-state index contributed by atoms with van der Waals surface area (Å²) in [6.07, 6.45) is 6.99. The average molecular weight is 332 g/mol. The van der Waals surface area contributed by atoms with Crippen molar-refractivity contribution in [2.75, 3.05) is 0 Å². The van der Waals surface area contributed by atoms with Crippen LogP contribution >= 0.6 is 0 Å². The van der Waals surface area contributed by atoms with Gasteiger partial charge in [-0.05, 0) is 64.1 Å². The van der Waals surface area contributed by atoms with E-state index in [1.165, 1.54) is 50.9 Å². The summed E-state index contributed by atoms with van der Waals surface area (Å²) in [5, 5.41) is 0. The Morgan fingerprint density at radius 2 is 1.52 bits per heavy atom. The first-order chi connectivity index (χ1) is 11.9. The molecule has 1 aliphatic rings. The second-order valence-electron chi connectivity index (χ2n) is 8.08. The number of fused-ring (bicyclic) bond motifs is 1. The molecule has 2 aromatic carbocycles. The molecule has 1 radical (unpaired) electrons. The van der Waals surface area contributed by atoms with Crippen LogP contribution in [0.1, 0.15) is 87.6 Å². The van der Waals surface area contributed by atoms with E-state index in [9.17, 15) is 0 Å². The van der Waals surface area contributed by atoms with E-state index >= 15 is 0 Å². The van der Waals surface area contributed by atoms with Gasteiger partial charge in [-0.3, -0.25) is 0 Å². The Morgan fingerprint density at radius 3 is 2.08 bits per heavy atom. The van der Waals surface area contributed by atoms with Crippen LogP contribution in [0, 0.1) is 6.42 Å². The summed E-state index contributed by atoms with van der Waals surface area (Å²) in [7, 11) is 0. The molecule has 0 saturated carbocycles. The second-order valence-corrected chi connectivity index (χ2v) is 8.08. The highest BCUT2D eigenvalue weighted by Crippen LogP contribution is 2.39. The third-order valence-electron chi connectivity index (χ3n) is 5.24. The summed E-state index contributed by atoms with van der Waals surface area (Å²) in [5.74, 6) is 1.10. The summed E-state index contributed by atoms with van der Waals surface area (Å²) in [6, 6.07) is 11.9. The van der Waals surface area contributed by atoms with E-state index in [1.807, 2.05) is 0 Å². The molecule has 1 aliphatic carbocycles. The molecule has 0 saturated heterocycles. The highest BCUT2D eigenvalue weighted by molar-refractivity contribution is 5.85. The van der Waals surface area contributed by atoms with Gasteiger partial charge >= 0.3 is 0 Å². The molecule has 0 fully saturated rings. The van der Waals surface area contributed by atoms with Crippen LogP contribution in [0.2, 0.25) is 0 Å². The Morgan fingerprint density at radius 1 is 0.880 bits per heavy atom. The van der Waals surface area contributed by atoms with Gasteiger partial charge in [0.1, 0.15) is 0 Å². The number of hydrogen-bond acceptors (Lipinski definition) is 0. The minimum Gasteiger partial charge on any atom is -0.0651 e. The molecule has 0 heteroatoms. The first-order valence-corrected chi connectivity index (χ1v) is 9.74. The molecule has 0 atom stereocenters. The topological polar surface area (TPSA) is 0 Å². The van der Waals surface area contributed by atoms with Crippen LogP contribution in [0.4, 0.5) is 0 Å². The first kappa shape index (κ1) is 18.0. The average Bonchev–Trinajstić information content (AvgIpc) is 2.94. The van der Waals surface area contributed by atoms with Crippen LogP contribution in [-0.4, -0.2) is 0 Å². The zero-order valence-corrected chi connectivity index (χ0v) is 16.6. The number of allylic oxidation sites excluding steroid dienone is 1. The highest BCUT2D eigenvalue weighted by atomic mass is 14.2. The Bertz CT molecular complexity index is 777. The lowest BCUT2D eigenvalue weighted by molar-refractivity contribution is 0.834. The van der Waals surface area contributed by atoms with Crippen LogP contribution in [0.25, 0.3) is 17.2 Å². The van der Waals surface area contributed by atoms with Crippen LogP contribution in [0.3, 0.4) is 0 Å². The lowest BCUT2D eigenvalue weighted by atomic mass is 9.86. The van der Waals surface area contributed by atoms with Gasteiger partial charge in [0.15, 0.2) is 0 Å². The number of hydrogen-bond donors (Lipinski definition) is 0. The van der Waals surface area contributed by atoms with Gasteiger partial charge in [0.25, 0.3) is 0 Å². The predicted octanol–water partition coefficient (Wildman–Crippen LogP) is 7.52. The minimum absolute atomic E-state index is 0.549. The number of aryl methyl sites for hydroxylation is 1. The maximum Gasteiger partial charge on any atom is 0.0161 e. The standard InChI is InChI=1S/C25H31/c1-7-8-19-9-10-20-11-18(6)12-24(20)25(19)23-14-21(16(2)3)13-22(15-23)17(4)5/h9-17H,7-8H2,1-6H3. The molecular formula is C25H31. The van der Waals surface area contributed by atoms with Crippen molar-refractivity contribution in [1.82, 2.24) is 0 Å². The van der Waals surface area contributed by atoms with Gasteiger partial charge in [0.2, 0.25) is 0 Å². The normalized spacial score (nSPS) is 13.5. The van der Waals surface area contributed by atoms with E-state index in [0.29, 0.717) is 11.8 Å². The second kappa shape index (κ2) is 7.20. The van der Waals surface area contributed by atoms with Crippen molar-refractivity contribution in [2.45, 2.75) is 66.2 Å². The van der Waals surface area contributed by atoms with E-state index < -0.39 is 0 Å². The molecule has 0 aliphatic heterocycles. The van der Waals surface area contributed by atoms with Crippen molar-refractivity contribution < 1.29 is 0 Å². The zero-order valence-electron chi connectivity index (χ0n) is 16.6. The smallest absolute Gasteiger partial charge is 0.0161 e. The molecule has 25 heavy (non-hydrogen) atoms. The third-order valence-corrected chi connectivity index (χ3v) is 5.24. The summed E-state index contributed by atoms with van der Waals surface area (Å²) in [5.41, 5.74) is 11.4. The van der Waals surface area contributed by atoms with E-state index in [2.05, 4.69) is 84.4 Å². The summed E-state index contributed by atoms with van der Waals surface area (Å²) < 4.78 is 0. The monoisotopic (exact) mass is 331 g/mol. The Hall–Kier alpha value is -1.82. The van der Waals surface area contributed by atoms with E-state index in [-0.39, 0.29) is 0 Å². The molecule has 0 N–H and O–H groups in total. The molecule has 131 valence electrons. The molecule has 3 rings (SSSR count). The highest BCUT2D eigenvalue weighted by Gasteiger charge is 2.19. The lowest BCUT2D eigenvalue weighted by Gasteiger charge is -2.19. The third kappa shape index (κ3) is 3.59. The number of benzene rings is 2. The van der Waals surface area contributed by atoms with Crippen LogP contribution < -0.4 is 0 Å². The molecular weight excluding hydrogens is 300 g/mol. The zero-order chi connectivity index (χ0) is 18.1. The van der Waals surface area contributed by atoms with Crippen LogP contribution in [0.15, 0.2) is 35.9 Å². The van der Waals surface area contributed by atoms with Crippen LogP contribution in [-0.2, 0) is 6.42 Å². The van der Waals surface area contributed by atoms with Crippen molar-refractivity contribution in [1.29, 1.82) is 0 Å². The molecule has 0 heterocycles. The van der Waals surface area contributed by atoms with Crippen molar-refractivity contribution in [3.63, 3.8) is 0 Å². The molecule has 0 spiro atoms. The van der Waals surface area contributed by atoms with Gasteiger partial charge in [-0.2, -0.15) is 0 Å². The van der Waals surface area contributed by atoms with E-state index in [0.717, 1.165) is 6.42 Å². The molecule has 0 amide bonds. The van der Waals surface area contributed by atoms with Gasteiger partial charge in [-0.25, -0.2) is 0 Å².